The Kier molecular flexibility index (Phi) is 5.00. The minimum absolute atomic E-state index is 0.0518. The van der Waals surface area contributed by atoms with Crippen molar-refractivity contribution in [2.24, 2.45) is 0 Å². The summed E-state index contributed by atoms with van der Waals surface area (Å²) in [5, 5.41) is 6.25. The molecule has 6 heteroatoms. The van der Waals surface area contributed by atoms with E-state index in [1.807, 2.05) is 18.2 Å². The highest BCUT2D eigenvalue weighted by molar-refractivity contribution is 5.94. The quantitative estimate of drug-likeness (QED) is 0.857. The average molecular weight is 352 g/mol. The van der Waals surface area contributed by atoms with E-state index in [2.05, 4.69) is 26.7 Å². The fraction of sp³-hybridized carbons (Fsp3) is 0.450. The van der Waals surface area contributed by atoms with Gasteiger partial charge >= 0.3 is 0 Å². The predicted octanol–water partition coefficient (Wildman–Crippen LogP) is 3.73. The minimum Gasteiger partial charge on any atom is -0.473 e. The Labute approximate surface area is 153 Å². The van der Waals surface area contributed by atoms with Crippen LogP contribution in [0, 0.1) is 0 Å². The third-order valence-electron chi connectivity index (χ3n) is 5.09. The van der Waals surface area contributed by atoms with E-state index >= 15 is 0 Å². The third-order valence-corrected chi connectivity index (χ3v) is 5.09. The minimum atomic E-state index is 0.0518. The summed E-state index contributed by atoms with van der Waals surface area (Å²) in [6.45, 7) is 0.631. The van der Waals surface area contributed by atoms with Gasteiger partial charge in [-0.3, -0.25) is 9.78 Å². The molecule has 26 heavy (non-hydrogen) atoms. The van der Waals surface area contributed by atoms with Gasteiger partial charge in [0, 0.05) is 24.6 Å². The van der Waals surface area contributed by atoms with Gasteiger partial charge in [0.2, 0.25) is 11.8 Å². The number of nitrogens with zero attached hydrogens (tertiary/aromatic N) is 2. The van der Waals surface area contributed by atoms with Gasteiger partial charge in [0.15, 0.2) is 0 Å². The van der Waals surface area contributed by atoms with Crippen LogP contribution in [0.2, 0.25) is 0 Å². The monoisotopic (exact) mass is 352 g/mol. The fourth-order valence-corrected chi connectivity index (χ4v) is 3.76. The van der Waals surface area contributed by atoms with Crippen LogP contribution in [0.25, 0.3) is 0 Å². The lowest BCUT2D eigenvalue weighted by atomic mass is 9.90. The lowest BCUT2D eigenvalue weighted by Crippen LogP contribution is -2.27. The van der Waals surface area contributed by atoms with Crippen LogP contribution in [0.3, 0.4) is 0 Å². The molecule has 1 aliphatic carbocycles. The van der Waals surface area contributed by atoms with Crippen molar-refractivity contribution >= 4 is 17.4 Å². The first kappa shape index (κ1) is 16.8. The molecule has 1 amide bonds. The van der Waals surface area contributed by atoms with Crippen molar-refractivity contribution in [3.8, 4) is 5.88 Å². The number of hydrogen-bond acceptors (Lipinski definition) is 5. The van der Waals surface area contributed by atoms with Gasteiger partial charge in [-0.1, -0.05) is 24.6 Å². The van der Waals surface area contributed by atoms with Crippen molar-refractivity contribution in [2.75, 3.05) is 17.2 Å². The molecule has 0 bridgehead atoms. The molecule has 0 saturated heterocycles. The summed E-state index contributed by atoms with van der Waals surface area (Å²) >= 11 is 0. The van der Waals surface area contributed by atoms with Crippen LogP contribution in [0.1, 0.15) is 50.0 Å². The fourth-order valence-electron chi connectivity index (χ4n) is 3.76. The average Bonchev–Trinajstić information content (AvgIpc) is 2.67. The van der Waals surface area contributed by atoms with Crippen LogP contribution in [0.5, 0.6) is 5.88 Å². The smallest absolute Gasteiger partial charge is 0.234 e. The lowest BCUT2D eigenvalue weighted by Gasteiger charge is -2.26. The van der Waals surface area contributed by atoms with Crippen molar-refractivity contribution in [3.05, 3.63) is 42.2 Å². The van der Waals surface area contributed by atoms with E-state index in [1.54, 1.807) is 12.4 Å². The topological polar surface area (TPSA) is 76.1 Å². The molecule has 0 spiro atoms. The second-order valence-electron chi connectivity index (χ2n) is 7.04. The second-order valence-corrected chi connectivity index (χ2v) is 7.04. The highest BCUT2D eigenvalue weighted by Crippen LogP contribution is 2.32. The molecular formula is C20H24N4O2. The molecule has 2 aromatic rings. The van der Waals surface area contributed by atoms with E-state index in [1.165, 1.54) is 19.3 Å². The summed E-state index contributed by atoms with van der Waals surface area (Å²) in [6.07, 6.45) is 10.0. The van der Waals surface area contributed by atoms with Gasteiger partial charge in [-0.2, -0.15) is 4.98 Å². The first-order chi connectivity index (χ1) is 12.8. The number of nitrogens with one attached hydrogen (secondary N) is 2. The molecule has 0 radical (unpaired) electrons. The number of aromatic nitrogens is 2. The molecule has 1 unspecified atom stereocenters. The first-order valence-electron chi connectivity index (χ1n) is 9.39. The van der Waals surface area contributed by atoms with Crippen LogP contribution in [-0.2, 0) is 4.79 Å². The van der Waals surface area contributed by atoms with Crippen molar-refractivity contribution < 1.29 is 9.53 Å². The molecule has 4 rings (SSSR count). The van der Waals surface area contributed by atoms with E-state index in [9.17, 15) is 4.79 Å². The molecule has 2 aliphatic rings. The summed E-state index contributed by atoms with van der Waals surface area (Å²) in [7, 11) is 0. The van der Waals surface area contributed by atoms with Gasteiger partial charge < -0.3 is 15.4 Å². The molecule has 1 saturated carbocycles. The van der Waals surface area contributed by atoms with Crippen molar-refractivity contribution in [1.29, 1.82) is 0 Å². The number of anilines is 2. The summed E-state index contributed by atoms with van der Waals surface area (Å²) in [4.78, 5) is 20.7. The van der Waals surface area contributed by atoms with Crippen molar-refractivity contribution in [1.82, 2.24) is 9.97 Å². The SMILES string of the molecule is O=C1CC(CNc2cncc(OC3CCCCC3)n2)c2ccccc2N1. The molecule has 1 aromatic heterocycles. The van der Waals surface area contributed by atoms with Gasteiger partial charge in [0.05, 0.1) is 12.4 Å². The zero-order valence-corrected chi connectivity index (χ0v) is 14.8. The molecule has 136 valence electrons. The number of carbonyl (C=O) groups excluding carboxylic acids is 1. The largest absolute Gasteiger partial charge is 0.473 e. The number of para-hydroxylation sites is 1. The second kappa shape index (κ2) is 7.72. The number of carbonyl (C=O) groups is 1. The van der Waals surface area contributed by atoms with Crippen LogP contribution < -0.4 is 15.4 Å². The normalized spacial score (nSPS) is 20.2. The zero-order valence-electron chi connectivity index (χ0n) is 14.8. The van der Waals surface area contributed by atoms with Crippen molar-refractivity contribution in [3.63, 3.8) is 0 Å². The van der Waals surface area contributed by atoms with Crippen molar-refractivity contribution in [2.45, 2.75) is 50.5 Å². The molecule has 1 aromatic carbocycles. The highest BCUT2D eigenvalue weighted by Gasteiger charge is 2.24. The number of ether oxygens (including phenoxy) is 1. The Bertz CT molecular complexity index is 774. The van der Waals surface area contributed by atoms with E-state index in [0.29, 0.717) is 24.7 Å². The molecule has 1 aliphatic heterocycles. The summed E-state index contributed by atoms with van der Waals surface area (Å²) in [6, 6.07) is 7.95. The molecule has 2 heterocycles. The Morgan fingerprint density at radius 3 is 2.88 bits per heavy atom. The summed E-state index contributed by atoms with van der Waals surface area (Å²) in [5.74, 6) is 1.42. The summed E-state index contributed by atoms with van der Waals surface area (Å²) in [5.41, 5.74) is 2.05. The molecule has 6 nitrogen and oxygen atoms in total. The molecule has 2 N–H and O–H groups in total. The van der Waals surface area contributed by atoms with E-state index < -0.39 is 0 Å². The predicted molar refractivity (Wildman–Crippen MR) is 100 cm³/mol. The first-order valence-corrected chi connectivity index (χ1v) is 9.39. The van der Waals surface area contributed by atoms with Crippen LogP contribution in [-0.4, -0.2) is 28.5 Å². The van der Waals surface area contributed by atoms with Gasteiger partial charge in [0.25, 0.3) is 0 Å². The van der Waals surface area contributed by atoms with Gasteiger partial charge in [-0.25, -0.2) is 0 Å². The van der Waals surface area contributed by atoms with Crippen LogP contribution in [0.4, 0.5) is 11.5 Å². The molecular weight excluding hydrogens is 328 g/mol. The standard InChI is InChI=1S/C20H24N4O2/c25-19-10-14(16-8-4-5-9-17(16)23-19)11-22-18-12-21-13-20(24-18)26-15-6-2-1-3-7-15/h4-5,8-9,12-15H,1-3,6-7,10-11H2,(H,22,24)(H,23,25). The number of hydrogen-bond donors (Lipinski definition) is 2. The number of amides is 1. The Morgan fingerprint density at radius 2 is 2.00 bits per heavy atom. The highest BCUT2D eigenvalue weighted by atomic mass is 16.5. The van der Waals surface area contributed by atoms with E-state index in [-0.39, 0.29) is 17.9 Å². The molecule has 1 atom stereocenters. The van der Waals surface area contributed by atoms with Gasteiger partial charge in [-0.05, 0) is 37.3 Å². The number of rotatable bonds is 5. The Morgan fingerprint density at radius 1 is 1.15 bits per heavy atom. The van der Waals surface area contributed by atoms with E-state index in [4.69, 9.17) is 4.74 Å². The number of fused-ring (bicyclic) bond motifs is 1. The maximum atomic E-state index is 11.9. The van der Waals surface area contributed by atoms with Gasteiger partial charge in [-0.15, -0.1) is 0 Å². The Balaban J connectivity index is 1.40. The lowest BCUT2D eigenvalue weighted by molar-refractivity contribution is -0.116. The van der Waals surface area contributed by atoms with E-state index in [0.717, 1.165) is 24.1 Å². The number of benzene rings is 1. The van der Waals surface area contributed by atoms with Crippen LogP contribution in [0.15, 0.2) is 36.7 Å². The van der Waals surface area contributed by atoms with Gasteiger partial charge in [0.1, 0.15) is 11.9 Å². The zero-order chi connectivity index (χ0) is 17.8. The van der Waals surface area contributed by atoms with Crippen LogP contribution >= 0.6 is 0 Å². The maximum Gasteiger partial charge on any atom is 0.234 e. The maximum absolute atomic E-state index is 11.9. The third kappa shape index (κ3) is 3.95. The molecule has 1 fully saturated rings. The Hall–Kier alpha value is -2.63. The summed E-state index contributed by atoms with van der Waals surface area (Å²) < 4.78 is 5.98.